The molecule has 0 saturated heterocycles. The summed E-state index contributed by atoms with van der Waals surface area (Å²) < 4.78 is 73.8. The molecule has 0 radical (unpaired) electrons. The number of pyridine rings is 1. The Hall–Kier alpha value is -1.87. The summed E-state index contributed by atoms with van der Waals surface area (Å²) in [6.45, 7) is 0. The molecule has 0 aliphatic rings. The lowest BCUT2D eigenvalue weighted by atomic mass is 10.2. The molecule has 0 aliphatic carbocycles. The first-order valence-electron chi connectivity index (χ1n) is 3.84. The van der Waals surface area contributed by atoms with Crippen molar-refractivity contribution >= 4 is 5.82 Å². The molecule has 0 N–H and O–H groups in total. The molecule has 17 heavy (non-hydrogen) atoms. The van der Waals surface area contributed by atoms with E-state index in [1.54, 1.807) is 0 Å². The molecular formula is C7H2F6N2O2. The van der Waals surface area contributed by atoms with Gasteiger partial charge in [-0.3, -0.25) is 0 Å². The highest BCUT2D eigenvalue weighted by molar-refractivity contribution is 5.38. The highest BCUT2D eigenvalue weighted by Gasteiger charge is 2.44. The van der Waals surface area contributed by atoms with Crippen LogP contribution in [-0.4, -0.2) is 9.91 Å². The molecule has 0 amide bonds. The molecule has 1 rings (SSSR count). The Labute approximate surface area is 89.0 Å². The molecule has 0 fully saturated rings. The highest BCUT2D eigenvalue weighted by atomic mass is 19.4. The number of halogens is 6. The van der Waals surface area contributed by atoms with Crippen molar-refractivity contribution < 1.29 is 31.3 Å². The fraction of sp³-hybridized carbons (Fsp3) is 0.286. The van der Waals surface area contributed by atoms with Gasteiger partial charge in [-0.1, -0.05) is 0 Å². The van der Waals surface area contributed by atoms with Crippen LogP contribution >= 0.6 is 0 Å². The standard InChI is InChI=1S/C7H2F6N2O2/c8-2-1-3(5(9)10)14-6(15(16)17)4(2)7(11,12)13/h1,5H. The lowest BCUT2D eigenvalue weighted by Gasteiger charge is -2.08. The average molecular weight is 260 g/mol. The van der Waals surface area contributed by atoms with E-state index in [1.165, 1.54) is 0 Å². The minimum atomic E-state index is -5.39. The number of rotatable bonds is 2. The van der Waals surface area contributed by atoms with Gasteiger partial charge < -0.3 is 10.1 Å². The Bertz CT molecular complexity index is 458. The van der Waals surface area contributed by atoms with E-state index in [0.29, 0.717) is 0 Å². The smallest absolute Gasteiger partial charge is 0.358 e. The zero-order chi connectivity index (χ0) is 13.4. The Morgan fingerprint density at radius 2 is 1.88 bits per heavy atom. The number of nitro groups is 1. The summed E-state index contributed by atoms with van der Waals surface area (Å²) in [5.74, 6) is -4.14. The van der Waals surface area contributed by atoms with E-state index in [-0.39, 0.29) is 6.07 Å². The first-order valence-corrected chi connectivity index (χ1v) is 3.84. The van der Waals surface area contributed by atoms with Gasteiger partial charge in [0.2, 0.25) is 5.69 Å². The minimum Gasteiger partial charge on any atom is -0.358 e. The second kappa shape index (κ2) is 4.18. The fourth-order valence-corrected chi connectivity index (χ4v) is 1.03. The number of aromatic nitrogens is 1. The molecule has 0 aromatic carbocycles. The molecular weight excluding hydrogens is 258 g/mol. The predicted molar refractivity (Wildman–Crippen MR) is 40.8 cm³/mol. The Kier molecular flexibility index (Phi) is 3.25. The highest BCUT2D eigenvalue weighted by Crippen LogP contribution is 2.38. The molecule has 0 spiro atoms. The third-order valence-electron chi connectivity index (χ3n) is 1.65. The second-order valence-electron chi connectivity index (χ2n) is 2.78. The van der Waals surface area contributed by atoms with Crippen molar-refractivity contribution in [3.05, 3.63) is 33.3 Å². The number of alkyl halides is 5. The van der Waals surface area contributed by atoms with Gasteiger partial charge in [0.15, 0.2) is 5.56 Å². The molecule has 10 heteroatoms. The van der Waals surface area contributed by atoms with Gasteiger partial charge in [0.25, 0.3) is 0 Å². The van der Waals surface area contributed by atoms with E-state index in [9.17, 15) is 36.5 Å². The van der Waals surface area contributed by atoms with Gasteiger partial charge >= 0.3 is 18.4 Å². The summed E-state index contributed by atoms with van der Waals surface area (Å²) in [6.07, 6.45) is -8.80. The van der Waals surface area contributed by atoms with Crippen molar-refractivity contribution in [3.63, 3.8) is 0 Å². The van der Waals surface area contributed by atoms with Gasteiger partial charge in [-0.2, -0.15) is 13.2 Å². The molecule has 4 nitrogen and oxygen atoms in total. The number of hydrogen-bond acceptors (Lipinski definition) is 3. The largest absolute Gasteiger partial charge is 0.427 e. The maximum atomic E-state index is 12.9. The van der Waals surface area contributed by atoms with E-state index < -0.39 is 40.4 Å². The van der Waals surface area contributed by atoms with E-state index >= 15 is 0 Å². The maximum absolute atomic E-state index is 12.9. The van der Waals surface area contributed by atoms with E-state index in [2.05, 4.69) is 4.98 Å². The van der Waals surface area contributed by atoms with Gasteiger partial charge in [-0.25, -0.2) is 13.2 Å². The van der Waals surface area contributed by atoms with Crippen LogP contribution in [0.4, 0.5) is 32.2 Å². The van der Waals surface area contributed by atoms with Crippen LogP contribution < -0.4 is 0 Å². The van der Waals surface area contributed by atoms with Crippen LogP contribution in [-0.2, 0) is 6.18 Å². The number of hydrogen-bond donors (Lipinski definition) is 0. The Morgan fingerprint density at radius 1 is 1.35 bits per heavy atom. The maximum Gasteiger partial charge on any atom is 0.427 e. The van der Waals surface area contributed by atoms with Gasteiger partial charge in [-0.05, 0) is 9.91 Å². The van der Waals surface area contributed by atoms with Crippen LogP contribution in [0.25, 0.3) is 0 Å². The van der Waals surface area contributed by atoms with E-state index in [0.717, 1.165) is 0 Å². The SMILES string of the molecule is O=[N+]([O-])c1nc(C(F)F)cc(F)c1C(F)(F)F. The quantitative estimate of drug-likeness (QED) is 0.466. The van der Waals surface area contributed by atoms with Gasteiger partial charge in [0.1, 0.15) is 5.82 Å². The normalized spacial score (nSPS) is 11.9. The third-order valence-corrected chi connectivity index (χ3v) is 1.65. The van der Waals surface area contributed by atoms with Gasteiger partial charge in [0.05, 0.1) is 0 Å². The molecule has 1 aromatic rings. The van der Waals surface area contributed by atoms with Crippen LogP contribution in [0.15, 0.2) is 6.07 Å². The van der Waals surface area contributed by atoms with Crippen molar-refractivity contribution in [2.45, 2.75) is 12.6 Å². The molecule has 0 aliphatic heterocycles. The van der Waals surface area contributed by atoms with Crippen LogP contribution in [0.1, 0.15) is 17.7 Å². The van der Waals surface area contributed by atoms with Crippen LogP contribution in [0.3, 0.4) is 0 Å². The van der Waals surface area contributed by atoms with Crippen molar-refractivity contribution in [2.75, 3.05) is 0 Å². The molecule has 0 saturated carbocycles. The molecule has 0 bridgehead atoms. The summed E-state index contributed by atoms with van der Waals surface area (Å²) in [6, 6.07) is -0.180. The predicted octanol–water partition coefficient (Wildman–Crippen LogP) is 3.09. The Balaban J connectivity index is 3.56. The average Bonchev–Trinajstić information content (AvgIpc) is 2.13. The molecule has 1 aromatic heterocycles. The van der Waals surface area contributed by atoms with E-state index in [1.807, 2.05) is 0 Å². The topological polar surface area (TPSA) is 56.0 Å². The third kappa shape index (κ3) is 2.63. The molecule has 0 atom stereocenters. The lowest BCUT2D eigenvalue weighted by Crippen LogP contribution is -2.14. The molecule has 1 heterocycles. The molecule has 0 unspecified atom stereocenters. The summed E-state index contributed by atoms with van der Waals surface area (Å²) in [5, 5.41) is 10.2. The van der Waals surface area contributed by atoms with Crippen molar-refractivity contribution in [1.29, 1.82) is 0 Å². The first kappa shape index (κ1) is 13.2. The zero-order valence-corrected chi connectivity index (χ0v) is 7.63. The van der Waals surface area contributed by atoms with Crippen LogP contribution in [0.2, 0.25) is 0 Å². The van der Waals surface area contributed by atoms with Crippen molar-refractivity contribution in [1.82, 2.24) is 4.98 Å². The van der Waals surface area contributed by atoms with Crippen molar-refractivity contribution in [2.24, 2.45) is 0 Å². The van der Waals surface area contributed by atoms with Crippen LogP contribution in [0, 0.1) is 15.9 Å². The molecule has 94 valence electrons. The van der Waals surface area contributed by atoms with Crippen LogP contribution in [0.5, 0.6) is 0 Å². The summed E-state index contributed by atoms with van der Waals surface area (Å²) in [5.41, 5.74) is -3.70. The van der Waals surface area contributed by atoms with Gasteiger partial charge in [0, 0.05) is 6.07 Å². The summed E-state index contributed by atoms with van der Waals surface area (Å²) in [7, 11) is 0. The number of nitrogens with zero attached hydrogens (tertiary/aromatic N) is 2. The minimum absolute atomic E-state index is 0.180. The Morgan fingerprint density at radius 3 is 2.24 bits per heavy atom. The van der Waals surface area contributed by atoms with Gasteiger partial charge in [-0.15, -0.1) is 0 Å². The summed E-state index contributed by atoms with van der Waals surface area (Å²) >= 11 is 0. The van der Waals surface area contributed by atoms with Crippen molar-refractivity contribution in [3.8, 4) is 0 Å². The fourth-order valence-electron chi connectivity index (χ4n) is 1.03. The monoisotopic (exact) mass is 260 g/mol. The first-order chi connectivity index (χ1) is 7.64. The summed E-state index contributed by atoms with van der Waals surface area (Å²) in [4.78, 5) is 11.0. The zero-order valence-electron chi connectivity index (χ0n) is 7.63. The lowest BCUT2D eigenvalue weighted by molar-refractivity contribution is -0.393. The second-order valence-corrected chi connectivity index (χ2v) is 2.78. The van der Waals surface area contributed by atoms with E-state index in [4.69, 9.17) is 0 Å².